The lowest BCUT2D eigenvalue weighted by atomic mass is 10.1. The Labute approximate surface area is 86.1 Å². The van der Waals surface area contributed by atoms with Crippen LogP contribution in [0, 0.1) is 0 Å². The van der Waals surface area contributed by atoms with Gasteiger partial charge in [0.25, 0.3) is 0 Å². The van der Waals surface area contributed by atoms with Crippen molar-refractivity contribution >= 4 is 5.69 Å². The molecule has 0 aliphatic heterocycles. The summed E-state index contributed by atoms with van der Waals surface area (Å²) >= 11 is 0. The summed E-state index contributed by atoms with van der Waals surface area (Å²) in [6.07, 6.45) is 0.433. The van der Waals surface area contributed by atoms with Crippen molar-refractivity contribution in [3.8, 4) is 0 Å². The number of nitrogens with zero attached hydrogens (tertiary/aromatic N) is 2. The molecule has 0 amide bonds. The Morgan fingerprint density at radius 1 is 1.47 bits per heavy atom. The van der Waals surface area contributed by atoms with Crippen molar-refractivity contribution in [2.24, 2.45) is 7.05 Å². The number of benzene rings is 1. The van der Waals surface area contributed by atoms with E-state index in [9.17, 15) is 4.79 Å². The second-order valence-electron chi connectivity index (χ2n) is 3.26. The van der Waals surface area contributed by atoms with Gasteiger partial charge in [0, 0.05) is 12.7 Å². The monoisotopic (exact) mass is 205 g/mol. The summed E-state index contributed by atoms with van der Waals surface area (Å²) in [5, 5.41) is 3.93. The molecule has 0 saturated carbocycles. The standard InChI is InChI=1S/C10H11N3O2/c1-13-10(14)15-9(12-13)6-7-4-2-3-5-8(7)11/h2-5H,6,11H2,1H3. The van der Waals surface area contributed by atoms with E-state index < -0.39 is 5.76 Å². The number of para-hydroxylation sites is 1. The third kappa shape index (κ3) is 1.90. The van der Waals surface area contributed by atoms with Gasteiger partial charge in [0.2, 0.25) is 5.89 Å². The fourth-order valence-corrected chi connectivity index (χ4v) is 1.32. The van der Waals surface area contributed by atoms with Gasteiger partial charge in [-0.3, -0.25) is 0 Å². The molecule has 0 bridgehead atoms. The Hall–Kier alpha value is -2.04. The van der Waals surface area contributed by atoms with Gasteiger partial charge in [-0.2, -0.15) is 4.68 Å². The van der Waals surface area contributed by atoms with E-state index >= 15 is 0 Å². The second-order valence-corrected chi connectivity index (χ2v) is 3.26. The molecule has 0 fully saturated rings. The zero-order valence-electron chi connectivity index (χ0n) is 8.30. The van der Waals surface area contributed by atoms with Gasteiger partial charge < -0.3 is 10.2 Å². The smallest absolute Gasteiger partial charge is 0.398 e. The lowest BCUT2D eigenvalue weighted by molar-refractivity contribution is 0.462. The summed E-state index contributed by atoms with van der Waals surface area (Å²) in [5.41, 5.74) is 7.33. The van der Waals surface area contributed by atoms with Crippen LogP contribution in [0.3, 0.4) is 0 Å². The topological polar surface area (TPSA) is 74.1 Å². The Morgan fingerprint density at radius 3 is 2.80 bits per heavy atom. The maximum absolute atomic E-state index is 11.0. The van der Waals surface area contributed by atoms with E-state index in [0.717, 1.165) is 10.2 Å². The summed E-state index contributed by atoms with van der Waals surface area (Å²) in [6.45, 7) is 0. The molecule has 5 heteroatoms. The first-order valence-corrected chi connectivity index (χ1v) is 4.53. The number of nitrogens with two attached hydrogens (primary N) is 1. The molecule has 0 aliphatic rings. The fourth-order valence-electron chi connectivity index (χ4n) is 1.32. The summed E-state index contributed by atoms with van der Waals surface area (Å²) in [4.78, 5) is 11.0. The largest absolute Gasteiger partial charge is 0.436 e. The number of aryl methyl sites for hydroxylation is 1. The highest BCUT2D eigenvalue weighted by atomic mass is 16.4. The van der Waals surface area contributed by atoms with E-state index in [2.05, 4.69) is 5.10 Å². The van der Waals surface area contributed by atoms with Gasteiger partial charge in [-0.25, -0.2) is 4.79 Å². The highest BCUT2D eigenvalue weighted by Crippen LogP contribution is 2.13. The van der Waals surface area contributed by atoms with Crippen molar-refractivity contribution in [3.05, 3.63) is 46.3 Å². The van der Waals surface area contributed by atoms with E-state index in [0.29, 0.717) is 18.0 Å². The van der Waals surface area contributed by atoms with Gasteiger partial charge in [0.15, 0.2) is 0 Å². The van der Waals surface area contributed by atoms with Crippen LogP contribution in [0.4, 0.5) is 5.69 Å². The molecular formula is C10H11N3O2. The molecule has 5 nitrogen and oxygen atoms in total. The van der Waals surface area contributed by atoms with Crippen LogP contribution in [0.25, 0.3) is 0 Å². The van der Waals surface area contributed by atoms with Gasteiger partial charge in [0.05, 0.1) is 6.42 Å². The van der Waals surface area contributed by atoms with Gasteiger partial charge in [-0.15, -0.1) is 5.10 Å². The zero-order chi connectivity index (χ0) is 10.8. The second kappa shape index (κ2) is 3.61. The van der Waals surface area contributed by atoms with Crippen LogP contribution in [0.15, 0.2) is 33.5 Å². The van der Waals surface area contributed by atoms with Crippen molar-refractivity contribution in [2.45, 2.75) is 6.42 Å². The predicted octanol–water partition coefficient (Wildman–Crippen LogP) is 0.546. The molecule has 1 heterocycles. The van der Waals surface area contributed by atoms with E-state index in [4.69, 9.17) is 10.2 Å². The molecule has 0 radical (unpaired) electrons. The quantitative estimate of drug-likeness (QED) is 0.726. The molecule has 15 heavy (non-hydrogen) atoms. The van der Waals surface area contributed by atoms with Crippen molar-refractivity contribution in [1.82, 2.24) is 9.78 Å². The normalized spacial score (nSPS) is 10.5. The van der Waals surface area contributed by atoms with Crippen LogP contribution in [0.2, 0.25) is 0 Å². The minimum Gasteiger partial charge on any atom is -0.398 e. The van der Waals surface area contributed by atoms with Crippen LogP contribution in [-0.4, -0.2) is 9.78 Å². The Morgan fingerprint density at radius 2 is 2.20 bits per heavy atom. The Kier molecular flexibility index (Phi) is 2.29. The van der Waals surface area contributed by atoms with Crippen molar-refractivity contribution in [2.75, 3.05) is 5.73 Å². The third-order valence-corrected chi connectivity index (χ3v) is 2.13. The van der Waals surface area contributed by atoms with E-state index in [1.807, 2.05) is 18.2 Å². The van der Waals surface area contributed by atoms with Gasteiger partial charge in [-0.1, -0.05) is 18.2 Å². The number of aromatic nitrogens is 2. The molecule has 2 N–H and O–H groups in total. The molecule has 0 atom stereocenters. The minimum atomic E-state index is -0.459. The molecular weight excluding hydrogens is 194 g/mol. The molecule has 1 aromatic heterocycles. The molecule has 1 aromatic carbocycles. The number of hydrogen-bond acceptors (Lipinski definition) is 4. The summed E-state index contributed by atoms with van der Waals surface area (Å²) in [6, 6.07) is 7.42. The molecule has 2 aromatic rings. The van der Waals surface area contributed by atoms with Gasteiger partial charge >= 0.3 is 5.76 Å². The SMILES string of the molecule is Cn1nc(Cc2ccccc2N)oc1=O. The van der Waals surface area contributed by atoms with Crippen LogP contribution in [0.5, 0.6) is 0 Å². The summed E-state index contributed by atoms with van der Waals surface area (Å²) < 4.78 is 6.08. The minimum absolute atomic E-state index is 0.375. The molecule has 0 spiro atoms. The molecule has 0 unspecified atom stereocenters. The van der Waals surface area contributed by atoms with Gasteiger partial charge in [-0.05, 0) is 11.6 Å². The maximum atomic E-state index is 11.0. The summed E-state index contributed by atoms with van der Waals surface area (Å²) in [5.74, 6) is -0.0834. The van der Waals surface area contributed by atoms with Crippen LogP contribution < -0.4 is 11.5 Å². The number of hydrogen-bond donors (Lipinski definition) is 1. The Balaban J connectivity index is 2.30. The summed E-state index contributed by atoms with van der Waals surface area (Å²) in [7, 11) is 1.55. The number of nitrogen functional groups attached to an aromatic ring is 1. The molecule has 0 saturated heterocycles. The zero-order valence-corrected chi connectivity index (χ0v) is 8.30. The predicted molar refractivity (Wildman–Crippen MR) is 55.4 cm³/mol. The lowest BCUT2D eigenvalue weighted by Crippen LogP contribution is -2.09. The van der Waals surface area contributed by atoms with E-state index in [-0.39, 0.29) is 0 Å². The third-order valence-electron chi connectivity index (χ3n) is 2.13. The first-order valence-electron chi connectivity index (χ1n) is 4.53. The van der Waals surface area contributed by atoms with Gasteiger partial charge in [0.1, 0.15) is 0 Å². The van der Waals surface area contributed by atoms with E-state index in [1.165, 1.54) is 0 Å². The first-order chi connectivity index (χ1) is 7.16. The Bertz CT molecular complexity index is 527. The first kappa shape index (κ1) is 9.51. The average molecular weight is 205 g/mol. The van der Waals surface area contributed by atoms with Crippen LogP contribution in [0.1, 0.15) is 11.5 Å². The number of rotatable bonds is 2. The van der Waals surface area contributed by atoms with Crippen molar-refractivity contribution in [1.29, 1.82) is 0 Å². The fraction of sp³-hybridized carbons (Fsp3) is 0.200. The number of anilines is 1. The van der Waals surface area contributed by atoms with E-state index in [1.54, 1.807) is 13.1 Å². The molecule has 0 aliphatic carbocycles. The molecule has 2 rings (SSSR count). The molecule has 78 valence electrons. The van der Waals surface area contributed by atoms with Crippen molar-refractivity contribution in [3.63, 3.8) is 0 Å². The average Bonchev–Trinajstić information content (AvgIpc) is 2.50. The lowest BCUT2D eigenvalue weighted by Gasteiger charge is -2.00. The van der Waals surface area contributed by atoms with Crippen LogP contribution in [-0.2, 0) is 13.5 Å². The van der Waals surface area contributed by atoms with Crippen LogP contribution >= 0.6 is 0 Å². The highest BCUT2D eigenvalue weighted by Gasteiger charge is 2.07. The van der Waals surface area contributed by atoms with Crippen molar-refractivity contribution < 1.29 is 4.42 Å². The maximum Gasteiger partial charge on any atom is 0.436 e. The highest BCUT2D eigenvalue weighted by molar-refractivity contribution is 5.47.